The Hall–Kier alpha value is -3.30. The number of halogens is 1. The number of fused-ring (bicyclic) bond motifs is 1. The van der Waals surface area contributed by atoms with Gasteiger partial charge >= 0.3 is 0 Å². The number of methoxy groups -OCH3 is 1. The molecule has 1 aliphatic rings. The Bertz CT molecular complexity index is 1310. The van der Waals surface area contributed by atoms with Crippen molar-refractivity contribution in [2.75, 3.05) is 54.0 Å². The Balaban J connectivity index is 0.00000675. The number of likely N-dealkylation sites (N-methyl/N-ethyl adjacent to an activating group) is 1. The maximum atomic E-state index is 13.1. The Morgan fingerprint density at radius 3 is 2.34 bits per heavy atom. The molecule has 1 amide bonds. The van der Waals surface area contributed by atoms with E-state index in [1.165, 1.54) is 13.2 Å². The summed E-state index contributed by atoms with van der Waals surface area (Å²) in [5, 5.41) is 10.9. The lowest BCUT2D eigenvalue weighted by atomic mass is 9.97. The standard InChI is InChI=1S/C35H48N2O6.BrH/c1-8-20-36(21-9-2)32(39)25-37(5,6)22-10-11-23-42-27-15-12-26(13-16-27)14-17-29(38)33-31(41-7)24-30-28(34(33)40)18-19-35(3,4)43-30;/h12-19,24H,8-11,20-23,25H2,1-7H3;1H/b17-14+;. The second kappa shape index (κ2) is 16.7. The fraction of sp³-hybridized carbons (Fsp3) is 0.486. The Labute approximate surface area is 273 Å². The van der Waals surface area contributed by atoms with Crippen molar-refractivity contribution in [1.29, 1.82) is 0 Å². The Morgan fingerprint density at radius 1 is 1.07 bits per heavy atom. The van der Waals surface area contributed by atoms with Crippen LogP contribution in [-0.4, -0.2) is 85.8 Å². The molecule has 3 rings (SSSR count). The third-order valence-electron chi connectivity index (χ3n) is 7.39. The number of benzene rings is 2. The largest absolute Gasteiger partial charge is 1.00 e. The SMILES string of the molecule is CCCN(CCC)C(=O)C[N+](C)(C)CCCCOc1ccc(/C=C/C(=O)c2c(OC)cc3c(c2O)C=CC(C)(C)O3)cc1.[Br-]. The van der Waals surface area contributed by atoms with Gasteiger partial charge in [-0.25, -0.2) is 0 Å². The van der Waals surface area contributed by atoms with E-state index in [4.69, 9.17) is 14.2 Å². The number of amides is 1. The first-order valence-corrected chi connectivity index (χ1v) is 15.3. The number of nitrogens with zero attached hydrogens (tertiary/aromatic N) is 2. The van der Waals surface area contributed by atoms with Crippen molar-refractivity contribution in [2.45, 2.75) is 59.0 Å². The number of allylic oxidation sites excluding steroid dienone is 1. The zero-order chi connectivity index (χ0) is 31.6. The number of ether oxygens (including phenoxy) is 3. The number of aromatic hydroxyl groups is 1. The molecule has 0 atom stereocenters. The summed E-state index contributed by atoms with van der Waals surface area (Å²) in [7, 11) is 5.68. The fourth-order valence-electron chi connectivity index (χ4n) is 5.09. The number of hydrogen-bond acceptors (Lipinski definition) is 6. The number of carbonyl (C=O) groups is 2. The first-order chi connectivity index (χ1) is 20.4. The van der Waals surface area contributed by atoms with Crippen molar-refractivity contribution in [3.8, 4) is 23.0 Å². The molecular weight excluding hydrogens is 624 g/mol. The predicted molar refractivity (Wildman–Crippen MR) is 172 cm³/mol. The van der Waals surface area contributed by atoms with Gasteiger partial charge in [0.2, 0.25) is 0 Å². The fourth-order valence-corrected chi connectivity index (χ4v) is 5.09. The number of ketones is 1. The van der Waals surface area contributed by atoms with Crippen LogP contribution in [0.15, 0.2) is 42.5 Å². The quantitative estimate of drug-likeness (QED) is 0.127. The minimum atomic E-state index is -0.520. The molecule has 1 heterocycles. The van der Waals surface area contributed by atoms with E-state index in [1.54, 1.807) is 18.2 Å². The van der Waals surface area contributed by atoms with Gasteiger partial charge in [-0.1, -0.05) is 32.1 Å². The van der Waals surface area contributed by atoms with Crippen LogP contribution in [0.1, 0.15) is 74.9 Å². The molecule has 44 heavy (non-hydrogen) atoms. The zero-order valence-electron chi connectivity index (χ0n) is 27.3. The van der Waals surface area contributed by atoms with Crippen LogP contribution in [-0.2, 0) is 4.79 Å². The molecule has 0 spiro atoms. The minimum absolute atomic E-state index is 0. The van der Waals surface area contributed by atoms with Crippen LogP contribution < -0.4 is 31.2 Å². The highest BCUT2D eigenvalue weighted by atomic mass is 79.9. The number of hydrogen-bond donors (Lipinski definition) is 1. The summed E-state index contributed by atoms with van der Waals surface area (Å²) in [4.78, 5) is 27.8. The number of unbranched alkanes of at least 4 members (excludes halogenated alkanes) is 1. The summed E-state index contributed by atoms with van der Waals surface area (Å²) < 4.78 is 17.9. The van der Waals surface area contributed by atoms with E-state index in [-0.39, 0.29) is 45.7 Å². The van der Waals surface area contributed by atoms with Crippen LogP contribution in [0.3, 0.4) is 0 Å². The molecule has 2 aromatic carbocycles. The van der Waals surface area contributed by atoms with E-state index in [2.05, 4.69) is 27.9 Å². The maximum absolute atomic E-state index is 13.1. The molecule has 0 radical (unpaired) electrons. The number of rotatable bonds is 16. The van der Waals surface area contributed by atoms with Gasteiger partial charge in [-0.2, -0.15) is 0 Å². The Kier molecular flexibility index (Phi) is 14.0. The topological polar surface area (TPSA) is 85.3 Å². The van der Waals surface area contributed by atoms with Gasteiger partial charge in [-0.15, -0.1) is 0 Å². The smallest absolute Gasteiger partial charge is 0.277 e. The molecule has 242 valence electrons. The van der Waals surface area contributed by atoms with E-state index >= 15 is 0 Å². The first-order valence-electron chi connectivity index (χ1n) is 15.3. The van der Waals surface area contributed by atoms with E-state index < -0.39 is 5.60 Å². The van der Waals surface area contributed by atoms with Crippen LogP contribution in [0.5, 0.6) is 23.0 Å². The summed E-state index contributed by atoms with van der Waals surface area (Å²) in [5.41, 5.74) is 0.857. The summed E-state index contributed by atoms with van der Waals surface area (Å²) in [5.74, 6) is 1.17. The zero-order valence-corrected chi connectivity index (χ0v) is 28.9. The molecule has 1 N–H and O–H groups in total. The van der Waals surface area contributed by atoms with Gasteiger partial charge in [0.1, 0.15) is 34.2 Å². The van der Waals surface area contributed by atoms with Crippen LogP contribution >= 0.6 is 0 Å². The molecule has 2 aromatic rings. The average Bonchev–Trinajstić information content (AvgIpc) is 2.95. The molecular formula is C35H49BrN2O6. The predicted octanol–water partition coefficient (Wildman–Crippen LogP) is 3.37. The molecule has 0 fully saturated rings. The van der Waals surface area contributed by atoms with Gasteiger partial charge in [-0.05, 0) is 75.5 Å². The molecule has 0 bridgehead atoms. The summed E-state index contributed by atoms with van der Waals surface area (Å²) >= 11 is 0. The molecule has 1 aliphatic heterocycles. The lowest BCUT2D eigenvalue weighted by Gasteiger charge is -2.32. The van der Waals surface area contributed by atoms with Crippen molar-refractivity contribution < 1.29 is 50.4 Å². The maximum Gasteiger partial charge on any atom is 0.277 e. The van der Waals surface area contributed by atoms with Crippen molar-refractivity contribution in [3.63, 3.8) is 0 Å². The van der Waals surface area contributed by atoms with Crippen LogP contribution in [0.2, 0.25) is 0 Å². The number of quaternary nitrogens is 1. The van der Waals surface area contributed by atoms with E-state index in [9.17, 15) is 14.7 Å². The van der Waals surface area contributed by atoms with E-state index in [0.717, 1.165) is 56.6 Å². The molecule has 0 aromatic heterocycles. The highest BCUT2D eigenvalue weighted by molar-refractivity contribution is 6.11. The monoisotopic (exact) mass is 672 g/mol. The van der Waals surface area contributed by atoms with Crippen molar-refractivity contribution in [1.82, 2.24) is 4.90 Å². The normalized spacial score (nSPS) is 13.5. The van der Waals surface area contributed by atoms with E-state index in [1.807, 2.05) is 49.1 Å². The van der Waals surface area contributed by atoms with E-state index in [0.29, 0.717) is 28.9 Å². The lowest BCUT2D eigenvalue weighted by molar-refractivity contribution is -0.883. The van der Waals surface area contributed by atoms with Gasteiger partial charge in [0.25, 0.3) is 5.91 Å². The number of phenols is 1. The number of phenolic OH excluding ortho intramolecular Hbond substituents is 1. The highest BCUT2D eigenvalue weighted by Crippen LogP contribution is 2.43. The number of carbonyl (C=O) groups excluding carboxylic acids is 2. The van der Waals surface area contributed by atoms with Gasteiger partial charge < -0.3 is 45.7 Å². The molecule has 9 heteroatoms. The van der Waals surface area contributed by atoms with Gasteiger partial charge in [0.15, 0.2) is 12.3 Å². The molecule has 0 unspecified atom stereocenters. The van der Waals surface area contributed by atoms with Gasteiger partial charge in [0, 0.05) is 19.2 Å². The summed E-state index contributed by atoms with van der Waals surface area (Å²) in [6.45, 7) is 11.7. The Morgan fingerprint density at radius 2 is 1.73 bits per heavy atom. The molecule has 0 saturated carbocycles. The van der Waals surface area contributed by atoms with Crippen LogP contribution in [0.25, 0.3) is 12.2 Å². The van der Waals surface area contributed by atoms with Crippen molar-refractivity contribution >= 4 is 23.8 Å². The lowest BCUT2D eigenvalue weighted by Crippen LogP contribution is -3.00. The third-order valence-corrected chi connectivity index (χ3v) is 7.39. The summed E-state index contributed by atoms with van der Waals surface area (Å²) in [6, 6.07) is 9.15. The first kappa shape index (κ1) is 36.9. The molecule has 0 aliphatic carbocycles. The van der Waals surface area contributed by atoms with Gasteiger partial charge in [-0.3, -0.25) is 9.59 Å². The van der Waals surface area contributed by atoms with Crippen molar-refractivity contribution in [3.05, 3.63) is 59.2 Å². The van der Waals surface area contributed by atoms with Crippen LogP contribution in [0, 0.1) is 0 Å². The van der Waals surface area contributed by atoms with Gasteiger partial charge in [0.05, 0.1) is 39.9 Å². The second-order valence-electron chi connectivity index (χ2n) is 12.3. The second-order valence-corrected chi connectivity index (χ2v) is 12.3. The van der Waals surface area contributed by atoms with Crippen LogP contribution in [0.4, 0.5) is 0 Å². The molecule has 8 nitrogen and oxygen atoms in total. The average molecular weight is 674 g/mol. The highest BCUT2D eigenvalue weighted by Gasteiger charge is 2.28. The third kappa shape index (κ3) is 10.4. The minimum Gasteiger partial charge on any atom is -1.00 e. The summed E-state index contributed by atoms with van der Waals surface area (Å²) in [6.07, 6.45) is 10.5. The molecule has 0 saturated heterocycles. The van der Waals surface area contributed by atoms with Crippen molar-refractivity contribution in [2.24, 2.45) is 0 Å².